The Hall–Kier alpha value is -2.45. The summed E-state index contributed by atoms with van der Waals surface area (Å²) in [6, 6.07) is 7.63. The summed E-state index contributed by atoms with van der Waals surface area (Å²) in [7, 11) is 0. The number of anilines is 1. The van der Waals surface area contributed by atoms with E-state index in [1.807, 2.05) is 45.9 Å². The Labute approximate surface area is 166 Å². The first kappa shape index (κ1) is 23.6. The predicted molar refractivity (Wildman–Crippen MR) is 108 cm³/mol. The van der Waals surface area contributed by atoms with Crippen molar-refractivity contribution in [2.24, 2.45) is 17.6 Å². The molecule has 3 amide bonds. The number of nitrogens with two attached hydrogens (primary N) is 1. The highest BCUT2D eigenvalue weighted by molar-refractivity contribution is 5.97. The molecule has 0 unspecified atom stereocenters. The quantitative estimate of drug-likeness (QED) is 0.376. The zero-order valence-electron chi connectivity index (χ0n) is 16.9. The van der Waals surface area contributed by atoms with Gasteiger partial charge in [-0.3, -0.25) is 14.4 Å². The fraction of sp³-hybridized carbons (Fsp3) is 0.550. The highest BCUT2D eigenvalue weighted by Gasteiger charge is 2.28. The monoisotopic (exact) mass is 392 g/mol. The predicted octanol–water partition coefficient (Wildman–Crippen LogP) is 0.616. The Morgan fingerprint density at radius 3 is 2.14 bits per heavy atom. The molecule has 8 nitrogen and oxygen atoms in total. The van der Waals surface area contributed by atoms with Crippen molar-refractivity contribution in [3.05, 3.63) is 30.3 Å². The lowest BCUT2D eigenvalue weighted by molar-refractivity contribution is -0.130. The van der Waals surface area contributed by atoms with Crippen LogP contribution in [0, 0.1) is 11.8 Å². The lowest BCUT2D eigenvalue weighted by Gasteiger charge is -2.26. The van der Waals surface area contributed by atoms with Crippen molar-refractivity contribution in [2.75, 3.05) is 11.9 Å². The second-order valence-electron chi connectivity index (χ2n) is 7.59. The first-order valence-corrected chi connectivity index (χ1v) is 9.48. The molecule has 3 atom stereocenters. The summed E-state index contributed by atoms with van der Waals surface area (Å²) in [6.45, 7) is 7.45. The molecule has 156 valence electrons. The van der Waals surface area contributed by atoms with Crippen LogP contribution in [0.4, 0.5) is 5.69 Å². The standard InChI is InChI=1S/C20H32N4O4/c1-12(2)10-15(19(27)23-14-8-6-5-7-9-14)24-20(28)17(13(3)4)22-11-16(25)18(21)26/h5-9,12-13,15-17,22,25H,10-11H2,1-4H3,(H2,21,26)(H,23,27)(H,24,28)/t15-,16+,17-/m0/s1. The van der Waals surface area contributed by atoms with Crippen LogP contribution < -0.4 is 21.7 Å². The molecule has 0 saturated heterocycles. The SMILES string of the molecule is CC(C)C[C@H](NC(=O)[C@@H](NC[C@@H](O)C(N)=O)C(C)C)C(=O)Nc1ccccc1. The van der Waals surface area contributed by atoms with Gasteiger partial charge in [0.1, 0.15) is 12.1 Å². The number of benzene rings is 1. The maximum atomic E-state index is 12.8. The Bertz CT molecular complexity index is 649. The van der Waals surface area contributed by atoms with Gasteiger partial charge in [-0.2, -0.15) is 0 Å². The van der Waals surface area contributed by atoms with Gasteiger partial charge in [-0.05, 0) is 30.4 Å². The molecule has 0 aliphatic rings. The molecule has 28 heavy (non-hydrogen) atoms. The topological polar surface area (TPSA) is 134 Å². The third kappa shape index (κ3) is 8.06. The summed E-state index contributed by atoms with van der Waals surface area (Å²) < 4.78 is 0. The van der Waals surface area contributed by atoms with Gasteiger partial charge in [0.25, 0.3) is 0 Å². The van der Waals surface area contributed by atoms with E-state index in [4.69, 9.17) is 5.73 Å². The van der Waals surface area contributed by atoms with Crippen LogP contribution in [0.15, 0.2) is 30.3 Å². The number of aliphatic hydroxyl groups is 1. The van der Waals surface area contributed by atoms with Gasteiger partial charge >= 0.3 is 0 Å². The van der Waals surface area contributed by atoms with Gasteiger partial charge in [-0.1, -0.05) is 45.9 Å². The number of hydrogen-bond donors (Lipinski definition) is 5. The first-order valence-electron chi connectivity index (χ1n) is 9.48. The number of rotatable bonds is 11. The molecule has 1 rings (SSSR count). The summed E-state index contributed by atoms with van der Waals surface area (Å²) in [5.74, 6) is -1.48. The van der Waals surface area contributed by atoms with Crippen LogP contribution in [0.1, 0.15) is 34.1 Å². The molecule has 0 fully saturated rings. The van der Waals surface area contributed by atoms with Crippen LogP contribution in [-0.4, -0.2) is 47.6 Å². The molecule has 0 bridgehead atoms. The van der Waals surface area contributed by atoms with Gasteiger partial charge in [0, 0.05) is 12.2 Å². The van der Waals surface area contributed by atoms with Crippen molar-refractivity contribution in [3.8, 4) is 0 Å². The molecule has 6 N–H and O–H groups in total. The van der Waals surface area contributed by atoms with Crippen molar-refractivity contribution in [1.82, 2.24) is 10.6 Å². The van der Waals surface area contributed by atoms with Gasteiger partial charge in [0.05, 0.1) is 6.04 Å². The molecule has 1 aromatic carbocycles. The van der Waals surface area contributed by atoms with E-state index in [0.717, 1.165) is 0 Å². The fourth-order valence-electron chi connectivity index (χ4n) is 2.69. The number of hydrogen-bond acceptors (Lipinski definition) is 5. The molecular formula is C20H32N4O4. The molecule has 0 heterocycles. The summed E-state index contributed by atoms with van der Waals surface area (Å²) in [5, 5.41) is 18.0. The maximum Gasteiger partial charge on any atom is 0.247 e. The maximum absolute atomic E-state index is 12.8. The van der Waals surface area contributed by atoms with E-state index in [-0.39, 0.29) is 30.2 Å². The highest BCUT2D eigenvalue weighted by Crippen LogP contribution is 2.11. The summed E-state index contributed by atoms with van der Waals surface area (Å²) in [4.78, 5) is 36.4. The first-order chi connectivity index (χ1) is 13.1. The zero-order valence-corrected chi connectivity index (χ0v) is 16.9. The third-order valence-corrected chi connectivity index (χ3v) is 4.19. The number of primary amides is 1. The summed E-state index contributed by atoms with van der Waals surface area (Å²) in [5.41, 5.74) is 5.69. The normalized spacial score (nSPS) is 14.4. The number of carbonyl (C=O) groups excluding carboxylic acids is 3. The van der Waals surface area contributed by atoms with Crippen LogP contribution in [0.5, 0.6) is 0 Å². The van der Waals surface area contributed by atoms with Crippen LogP contribution in [0.25, 0.3) is 0 Å². The Morgan fingerprint density at radius 2 is 1.64 bits per heavy atom. The minimum Gasteiger partial charge on any atom is -0.382 e. The van der Waals surface area contributed by atoms with E-state index >= 15 is 0 Å². The van der Waals surface area contributed by atoms with Crippen LogP contribution in [0.2, 0.25) is 0 Å². The van der Waals surface area contributed by atoms with Crippen LogP contribution in [0.3, 0.4) is 0 Å². The Kier molecular flexibility index (Phi) is 9.61. The third-order valence-electron chi connectivity index (χ3n) is 4.19. The van der Waals surface area contributed by atoms with Gasteiger partial charge in [0.2, 0.25) is 17.7 Å². The van der Waals surface area contributed by atoms with Gasteiger partial charge in [0.15, 0.2) is 0 Å². The van der Waals surface area contributed by atoms with E-state index < -0.39 is 24.1 Å². The highest BCUT2D eigenvalue weighted by atomic mass is 16.3. The minimum absolute atomic E-state index is 0.128. The second kappa shape index (κ2) is 11.4. The Morgan fingerprint density at radius 1 is 1.04 bits per heavy atom. The molecule has 1 aromatic rings. The number of amides is 3. The lowest BCUT2D eigenvalue weighted by Crippen LogP contribution is -2.55. The number of aliphatic hydroxyl groups excluding tert-OH is 1. The van der Waals surface area contributed by atoms with E-state index in [1.54, 1.807) is 12.1 Å². The second-order valence-corrected chi connectivity index (χ2v) is 7.59. The summed E-state index contributed by atoms with van der Waals surface area (Å²) >= 11 is 0. The molecule has 8 heteroatoms. The van der Waals surface area contributed by atoms with Crippen molar-refractivity contribution < 1.29 is 19.5 Å². The number of nitrogens with one attached hydrogen (secondary N) is 3. The van der Waals surface area contributed by atoms with Gasteiger partial charge in [-0.15, -0.1) is 0 Å². The number of para-hydroxylation sites is 1. The van der Waals surface area contributed by atoms with E-state index in [1.165, 1.54) is 0 Å². The smallest absolute Gasteiger partial charge is 0.247 e. The zero-order chi connectivity index (χ0) is 21.3. The number of carbonyl (C=O) groups is 3. The lowest BCUT2D eigenvalue weighted by atomic mass is 9.99. The summed E-state index contributed by atoms with van der Waals surface area (Å²) in [6.07, 6.45) is -0.916. The molecule has 0 saturated carbocycles. The molecule has 0 aromatic heterocycles. The average molecular weight is 393 g/mol. The fourth-order valence-corrected chi connectivity index (χ4v) is 2.69. The van der Waals surface area contributed by atoms with E-state index in [0.29, 0.717) is 12.1 Å². The molecule has 0 radical (unpaired) electrons. The molecule has 0 spiro atoms. The van der Waals surface area contributed by atoms with E-state index in [9.17, 15) is 19.5 Å². The van der Waals surface area contributed by atoms with Crippen LogP contribution in [-0.2, 0) is 14.4 Å². The largest absolute Gasteiger partial charge is 0.382 e. The van der Waals surface area contributed by atoms with E-state index in [2.05, 4.69) is 16.0 Å². The minimum atomic E-state index is -1.39. The van der Waals surface area contributed by atoms with Gasteiger partial charge in [-0.25, -0.2) is 0 Å². The average Bonchev–Trinajstić information content (AvgIpc) is 2.61. The van der Waals surface area contributed by atoms with Crippen molar-refractivity contribution in [3.63, 3.8) is 0 Å². The van der Waals surface area contributed by atoms with Crippen molar-refractivity contribution in [2.45, 2.75) is 52.3 Å². The van der Waals surface area contributed by atoms with Crippen LogP contribution >= 0.6 is 0 Å². The van der Waals surface area contributed by atoms with Crippen molar-refractivity contribution >= 4 is 23.4 Å². The van der Waals surface area contributed by atoms with Gasteiger partial charge < -0.3 is 26.8 Å². The molecular weight excluding hydrogens is 360 g/mol. The van der Waals surface area contributed by atoms with Crippen molar-refractivity contribution in [1.29, 1.82) is 0 Å². The molecule has 0 aliphatic heterocycles. The molecule has 0 aliphatic carbocycles. The Balaban J connectivity index is 2.82.